The number of benzene rings is 1. The van der Waals surface area contributed by atoms with Crippen molar-refractivity contribution in [1.82, 2.24) is 9.78 Å². The normalized spacial score (nSPS) is 13.8. The molecule has 5 nitrogen and oxygen atoms in total. The van der Waals surface area contributed by atoms with Crippen molar-refractivity contribution in [3.05, 3.63) is 23.9 Å². The molecule has 0 unspecified atom stereocenters. The molecule has 2 N–H and O–H groups in total. The lowest BCUT2D eigenvalue weighted by atomic mass is 9.95. The molecule has 20 heavy (non-hydrogen) atoms. The number of fused-ring (bicyclic) bond motifs is 1. The predicted molar refractivity (Wildman–Crippen MR) is 73.3 cm³/mol. The van der Waals surface area contributed by atoms with Gasteiger partial charge in [0, 0.05) is 18.2 Å². The number of aryl methyl sites for hydroxylation is 1. The largest absolute Gasteiger partial charge is 0.454 e. The maximum Gasteiger partial charge on any atom is 0.231 e. The van der Waals surface area contributed by atoms with Crippen LogP contribution in [0, 0.1) is 0 Å². The van der Waals surface area contributed by atoms with Crippen LogP contribution in [0.25, 0.3) is 11.1 Å². The molecule has 6 heteroatoms. The van der Waals surface area contributed by atoms with Crippen molar-refractivity contribution < 1.29 is 13.9 Å². The van der Waals surface area contributed by atoms with E-state index in [1.807, 2.05) is 0 Å². The maximum atomic E-state index is 14.2. The van der Waals surface area contributed by atoms with E-state index in [0.29, 0.717) is 34.0 Å². The van der Waals surface area contributed by atoms with E-state index in [9.17, 15) is 4.39 Å². The fourth-order valence-corrected chi connectivity index (χ4v) is 2.21. The lowest BCUT2D eigenvalue weighted by Gasteiger charge is -2.17. The summed E-state index contributed by atoms with van der Waals surface area (Å²) >= 11 is 0. The van der Waals surface area contributed by atoms with Crippen LogP contribution in [0.1, 0.15) is 19.4 Å². The molecule has 0 atom stereocenters. The summed E-state index contributed by atoms with van der Waals surface area (Å²) in [5.41, 5.74) is 6.44. The van der Waals surface area contributed by atoms with Crippen LogP contribution in [0.2, 0.25) is 0 Å². The Morgan fingerprint density at radius 1 is 1.30 bits per heavy atom. The highest BCUT2D eigenvalue weighted by molar-refractivity contribution is 5.81. The van der Waals surface area contributed by atoms with Gasteiger partial charge in [-0.05, 0) is 31.5 Å². The first-order valence-corrected chi connectivity index (χ1v) is 6.29. The average molecular weight is 277 g/mol. The first kappa shape index (κ1) is 12.8. The van der Waals surface area contributed by atoms with Gasteiger partial charge in [-0.1, -0.05) is 0 Å². The second-order valence-electron chi connectivity index (χ2n) is 5.30. The molecular weight excluding hydrogens is 261 g/mol. The van der Waals surface area contributed by atoms with Crippen LogP contribution in [0.4, 0.5) is 10.2 Å². The predicted octanol–water partition coefficient (Wildman–Crippen LogP) is 2.60. The van der Waals surface area contributed by atoms with Crippen molar-refractivity contribution in [1.29, 1.82) is 0 Å². The number of ether oxygens (including phenoxy) is 2. The van der Waals surface area contributed by atoms with E-state index >= 15 is 0 Å². The summed E-state index contributed by atoms with van der Waals surface area (Å²) in [6.45, 7) is 3.13. The summed E-state index contributed by atoms with van der Waals surface area (Å²) in [5, 5.41) is 4.11. The zero-order valence-corrected chi connectivity index (χ0v) is 11.6. The van der Waals surface area contributed by atoms with E-state index in [-0.39, 0.29) is 6.79 Å². The van der Waals surface area contributed by atoms with Gasteiger partial charge in [-0.2, -0.15) is 5.10 Å². The molecule has 1 aliphatic rings. The molecule has 1 aliphatic heterocycles. The third-order valence-electron chi connectivity index (χ3n) is 3.43. The standard InChI is InChI=1S/C14H16FN3O2/c1-14(2,15)8-4-9(10-6-17-18(3)13(10)16)12-11(5-8)19-7-20-12/h4-6H,7,16H2,1-3H3. The van der Waals surface area contributed by atoms with E-state index in [2.05, 4.69) is 5.10 Å². The number of hydrogen-bond acceptors (Lipinski definition) is 4. The van der Waals surface area contributed by atoms with E-state index in [1.54, 1.807) is 30.1 Å². The van der Waals surface area contributed by atoms with Gasteiger partial charge >= 0.3 is 0 Å². The van der Waals surface area contributed by atoms with Gasteiger partial charge in [-0.3, -0.25) is 4.68 Å². The number of hydrogen-bond donors (Lipinski definition) is 1. The number of alkyl halides is 1. The van der Waals surface area contributed by atoms with Crippen molar-refractivity contribution in [2.24, 2.45) is 7.05 Å². The number of nitrogens with two attached hydrogens (primary N) is 1. The molecular formula is C14H16FN3O2. The number of nitrogen functional groups attached to an aromatic ring is 1. The summed E-state index contributed by atoms with van der Waals surface area (Å²) in [5.74, 6) is 1.61. The van der Waals surface area contributed by atoms with Crippen molar-refractivity contribution in [2.45, 2.75) is 19.5 Å². The van der Waals surface area contributed by atoms with Crippen LogP contribution < -0.4 is 15.2 Å². The van der Waals surface area contributed by atoms with Gasteiger partial charge in [0.05, 0.1) is 6.20 Å². The van der Waals surface area contributed by atoms with Gasteiger partial charge in [0.15, 0.2) is 11.5 Å². The zero-order chi connectivity index (χ0) is 14.5. The zero-order valence-electron chi connectivity index (χ0n) is 11.6. The van der Waals surface area contributed by atoms with Gasteiger partial charge in [0.25, 0.3) is 0 Å². The SMILES string of the molecule is Cn1ncc(-c2cc(C(C)(C)F)cc3c2OCO3)c1N. The van der Waals surface area contributed by atoms with Gasteiger partial charge in [-0.15, -0.1) is 0 Å². The summed E-state index contributed by atoms with van der Waals surface area (Å²) in [6, 6.07) is 3.40. The minimum absolute atomic E-state index is 0.124. The Kier molecular flexibility index (Phi) is 2.64. The maximum absolute atomic E-state index is 14.2. The number of halogens is 1. The third-order valence-corrected chi connectivity index (χ3v) is 3.43. The minimum atomic E-state index is -1.48. The van der Waals surface area contributed by atoms with E-state index in [0.717, 1.165) is 0 Å². The molecule has 0 bridgehead atoms. The van der Waals surface area contributed by atoms with Gasteiger partial charge in [0.2, 0.25) is 6.79 Å². The molecule has 1 aromatic heterocycles. The first-order valence-electron chi connectivity index (χ1n) is 6.29. The van der Waals surface area contributed by atoms with Crippen LogP contribution in [0.3, 0.4) is 0 Å². The molecule has 0 saturated heterocycles. The molecule has 0 fully saturated rings. The molecule has 2 aromatic rings. The van der Waals surface area contributed by atoms with Crippen molar-refractivity contribution in [3.8, 4) is 22.6 Å². The average Bonchev–Trinajstić information content (AvgIpc) is 2.96. The van der Waals surface area contributed by atoms with E-state index in [4.69, 9.17) is 15.2 Å². The Hall–Kier alpha value is -2.24. The highest BCUT2D eigenvalue weighted by atomic mass is 19.1. The number of rotatable bonds is 2. The van der Waals surface area contributed by atoms with Crippen LogP contribution >= 0.6 is 0 Å². The molecule has 1 aromatic carbocycles. The van der Waals surface area contributed by atoms with Crippen LogP contribution in [-0.2, 0) is 12.7 Å². The Morgan fingerprint density at radius 3 is 2.65 bits per heavy atom. The Labute approximate surface area is 116 Å². The highest BCUT2D eigenvalue weighted by Crippen LogP contribution is 2.46. The van der Waals surface area contributed by atoms with Gasteiger partial charge < -0.3 is 15.2 Å². The molecule has 0 saturated carbocycles. The van der Waals surface area contributed by atoms with Gasteiger partial charge in [-0.25, -0.2) is 4.39 Å². The Morgan fingerprint density at radius 2 is 2.05 bits per heavy atom. The monoisotopic (exact) mass is 277 g/mol. The summed E-state index contributed by atoms with van der Waals surface area (Å²) in [7, 11) is 1.75. The topological polar surface area (TPSA) is 62.3 Å². The number of anilines is 1. The third kappa shape index (κ3) is 1.88. The van der Waals surface area contributed by atoms with Crippen LogP contribution in [0.15, 0.2) is 18.3 Å². The molecule has 0 amide bonds. The highest BCUT2D eigenvalue weighted by Gasteiger charge is 2.28. The Bertz CT molecular complexity index is 674. The number of aromatic nitrogens is 2. The summed E-state index contributed by atoms with van der Waals surface area (Å²) in [4.78, 5) is 0. The van der Waals surface area contributed by atoms with Crippen molar-refractivity contribution in [2.75, 3.05) is 12.5 Å². The molecule has 0 aliphatic carbocycles. The molecule has 0 spiro atoms. The van der Waals surface area contributed by atoms with E-state index in [1.165, 1.54) is 13.8 Å². The lowest BCUT2D eigenvalue weighted by Crippen LogP contribution is -2.09. The smallest absolute Gasteiger partial charge is 0.231 e. The molecule has 3 rings (SSSR count). The second-order valence-corrected chi connectivity index (χ2v) is 5.30. The Balaban J connectivity index is 2.24. The molecule has 2 heterocycles. The van der Waals surface area contributed by atoms with Crippen molar-refractivity contribution >= 4 is 5.82 Å². The first-order chi connectivity index (χ1) is 9.38. The number of nitrogens with zero attached hydrogens (tertiary/aromatic N) is 2. The van der Waals surface area contributed by atoms with Crippen molar-refractivity contribution in [3.63, 3.8) is 0 Å². The van der Waals surface area contributed by atoms with Crippen LogP contribution in [-0.4, -0.2) is 16.6 Å². The molecule has 0 radical (unpaired) electrons. The minimum Gasteiger partial charge on any atom is -0.454 e. The fourth-order valence-electron chi connectivity index (χ4n) is 2.21. The lowest BCUT2D eigenvalue weighted by molar-refractivity contribution is 0.173. The quantitative estimate of drug-likeness (QED) is 0.916. The summed E-state index contributed by atoms with van der Waals surface area (Å²) < 4.78 is 26.7. The second kappa shape index (κ2) is 4.13. The molecule has 106 valence electrons. The van der Waals surface area contributed by atoms with Crippen LogP contribution in [0.5, 0.6) is 11.5 Å². The van der Waals surface area contributed by atoms with E-state index < -0.39 is 5.67 Å². The van der Waals surface area contributed by atoms with Gasteiger partial charge in [0.1, 0.15) is 11.5 Å². The summed E-state index contributed by atoms with van der Waals surface area (Å²) in [6.07, 6.45) is 1.64. The fraction of sp³-hybridized carbons (Fsp3) is 0.357.